The predicted molar refractivity (Wildman–Crippen MR) is 72.1 cm³/mol. The van der Waals surface area contributed by atoms with E-state index in [1.165, 1.54) is 12.5 Å². The van der Waals surface area contributed by atoms with Gasteiger partial charge < -0.3 is 10.1 Å². The minimum Gasteiger partial charge on any atom is -0.481 e. The molecule has 2 heterocycles. The second kappa shape index (κ2) is 6.01. The molecule has 0 bridgehead atoms. The maximum Gasteiger partial charge on any atom is 0.303 e. The van der Waals surface area contributed by atoms with Gasteiger partial charge in [-0.3, -0.25) is 9.52 Å². The third-order valence-electron chi connectivity index (χ3n) is 2.36. The van der Waals surface area contributed by atoms with E-state index in [9.17, 15) is 13.2 Å². The Kier molecular flexibility index (Phi) is 4.35. The molecule has 0 atom stereocenters. The summed E-state index contributed by atoms with van der Waals surface area (Å²) in [7, 11) is -3.70. The highest BCUT2D eigenvalue weighted by Gasteiger charge is 2.17. The Morgan fingerprint density at radius 3 is 2.95 bits per heavy atom. The Morgan fingerprint density at radius 1 is 1.50 bits per heavy atom. The number of carboxylic acids is 1. The number of H-pyrrole nitrogens is 1. The van der Waals surface area contributed by atoms with E-state index in [1.807, 2.05) is 0 Å². The number of aromatic amines is 1. The second-order valence-electron chi connectivity index (χ2n) is 3.91. The Labute approximate surface area is 119 Å². The largest absolute Gasteiger partial charge is 0.481 e. The van der Waals surface area contributed by atoms with Crippen LogP contribution in [-0.4, -0.2) is 34.4 Å². The standard InChI is InChI=1S/C10H12N4O4S2/c15-9(16)3-1-2-7-5-19-10(13-7)14-20(17,18)8-4-11-6-12-8/h4-6H,1-3H2,(H,11,12)(H,13,14)(H,15,16). The van der Waals surface area contributed by atoms with Crippen molar-refractivity contribution in [2.24, 2.45) is 0 Å². The van der Waals surface area contributed by atoms with Gasteiger partial charge in [0, 0.05) is 11.8 Å². The Bertz CT molecular complexity index is 678. The van der Waals surface area contributed by atoms with Crippen molar-refractivity contribution in [2.75, 3.05) is 4.72 Å². The average Bonchev–Trinajstić information content (AvgIpc) is 2.99. The van der Waals surface area contributed by atoms with Gasteiger partial charge in [-0.2, -0.15) is 8.42 Å². The van der Waals surface area contributed by atoms with E-state index in [0.717, 1.165) is 11.3 Å². The first-order chi connectivity index (χ1) is 9.47. The molecule has 20 heavy (non-hydrogen) atoms. The molecule has 3 N–H and O–H groups in total. The van der Waals surface area contributed by atoms with E-state index in [4.69, 9.17) is 5.11 Å². The topological polar surface area (TPSA) is 125 Å². The molecule has 0 aliphatic rings. The summed E-state index contributed by atoms with van der Waals surface area (Å²) in [5.41, 5.74) is 0.665. The zero-order valence-corrected chi connectivity index (χ0v) is 11.9. The fraction of sp³-hybridized carbons (Fsp3) is 0.300. The zero-order chi connectivity index (χ0) is 14.6. The van der Waals surface area contributed by atoms with Crippen molar-refractivity contribution in [2.45, 2.75) is 24.3 Å². The summed E-state index contributed by atoms with van der Waals surface area (Å²) < 4.78 is 26.1. The van der Waals surface area contributed by atoms with E-state index in [1.54, 1.807) is 5.38 Å². The van der Waals surface area contributed by atoms with Gasteiger partial charge in [-0.1, -0.05) is 0 Å². The summed E-state index contributed by atoms with van der Waals surface area (Å²) in [5.74, 6) is -0.861. The van der Waals surface area contributed by atoms with Crippen molar-refractivity contribution in [1.82, 2.24) is 15.0 Å². The molecule has 0 radical (unpaired) electrons. The molecule has 0 unspecified atom stereocenters. The van der Waals surface area contributed by atoms with Gasteiger partial charge in [-0.25, -0.2) is 9.97 Å². The van der Waals surface area contributed by atoms with Gasteiger partial charge in [0.1, 0.15) is 0 Å². The van der Waals surface area contributed by atoms with Gasteiger partial charge in [-0.05, 0) is 12.8 Å². The molecular weight excluding hydrogens is 304 g/mol. The van der Waals surface area contributed by atoms with Crippen LogP contribution in [0.2, 0.25) is 0 Å². The predicted octanol–water partition coefficient (Wildman–Crippen LogP) is 1.07. The second-order valence-corrected chi connectivity index (χ2v) is 6.42. The van der Waals surface area contributed by atoms with Crippen LogP contribution in [0.25, 0.3) is 0 Å². The van der Waals surface area contributed by atoms with E-state index in [-0.39, 0.29) is 16.6 Å². The molecule has 0 aliphatic carbocycles. The van der Waals surface area contributed by atoms with E-state index < -0.39 is 16.0 Å². The number of thiazole rings is 1. The number of aryl methyl sites for hydroxylation is 1. The van der Waals surface area contributed by atoms with Crippen LogP contribution >= 0.6 is 11.3 Å². The highest BCUT2D eigenvalue weighted by atomic mass is 32.2. The van der Waals surface area contributed by atoms with Crippen LogP contribution in [0.5, 0.6) is 0 Å². The number of nitrogens with zero attached hydrogens (tertiary/aromatic N) is 2. The molecule has 0 fully saturated rings. The number of hydrogen-bond acceptors (Lipinski definition) is 6. The lowest BCUT2D eigenvalue weighted by molar-refractivity contribution is -0.137. The van der Waals surface area contributed by atoms with Crippen molar-refractivity contribution in [1.29, 1.82) is 0 Å². The Balaban J connectivity index is 1.98. The van der Waals surface area contributed by atoms with Crippen LogP contribution in [0, 0.1) is 0 Å². The number of nitrogens with one attached hydrogen (secondary N) is 2. The number of carbonyl (C=O) groups is 1. The van der Waals surface area contributed by atoms with Crippen LogP contribution in [-0.2, 0) is 21.2 Å². The Morgan fingerprint density at radius 2 is 2.30 bits per heavy atom. The highest BCUT2D eigenvalue weighted by Crippen LogP contribution is 2.20. The van der Waals surface area contributed by atoms with Gasteiger partial charge in [-0.15, -0.1) is 11.3 Å². The third kappa shape index (κ3) is 3.78. The first kappa shape index (κ1) is 14.5. The maximum absolute atomic E-state index is 11.9. The number of anilines is 1. The van der Waals surface area contributed by atoms with Crippen LogP contribution in [0.1, 0.15) is 18.5 Å². The highest BCUT2D eigenvalue weighted by molar-refractivity contribution is 7.92. The van der Waals surface area contributed by atoms with Crippen LogP contribution < -0.4 is 4.72 Å². The van der Waals surface area contributed by atoms with Crippen molar-refractivity contribution >= 4 is 32.5 Å². The van der Waals surface area contributed by atoms with Gasteiger partial charge in [0.15, 0.2) is 10.2 Å². The van der Waals surface area contributed by atoms with Gasteiger partial charge in [0.05, 0.1) is 18.2 Å². The number of aromatic nitrogens is 3. The first-order valence-electron chi connectivity index (χ1n) is 5.65. The molecule has 0 aliphatic heterocycles. The van der Waals surface area contributed by atoms with Gasteiger partial charge in [0.2, 0.25) is 0 Å². The van der Waals surface area contributed by atoms with E-state index in [0.29, 0.717) is 18.5 Å². The number of imidazole rings is 1. The molecule has 0 saturated heterocycles. The summed E-state index contributed by atoms with van der Waals surface area (Å²) in [6.45, 7) is 0. The normalized spacial score (nSPS) is 11.4. The summed E-state index contributed by atoms with van der Waals surface area (Å²) in [4.78, 5) is 20.6. The number of aliphatic carboxylic acids is 1. The molecular formula is C10H12N4O4S2. The fourth-order valence-corrected chi connectivity index (χ4v) is 3.35. The lowest BCUT2D eigenvalue weighted by atomic mass is 10.2. The first-order valence-corrected chi connectivity index (χ1v) is 8.01. The summed E-state index contributed by atoms with van der Waals surface area (Å²) >= 11 is 1.15. The molecule has 10 heteroatoms. The maximum atomic E-state index is 11.9. The smallest absolute Gasteiger partial charge is 0.303 e. The Hall–Kier alpha value is -1.94. The van der Waals surface area contributed by atoms with Crippen molar-refractivity contribution in [3.63, 3.8) is 0 Å². The van der Waals surface area contributed by atoms with Crippen molar-refractivity contribution in [3.05, 3.63) is 23.6 Å². The van der Waals surface area contributed by atoms with E-state index >= 15 is 0 Å². The quantitative estimate of drug-likeness (QED) is 0.701. The number of hydrogen-bond donors (Lipinski definition) is 3. The molecule has 2 rings (SSSR count). The monoisotopic (exact) mass is 316 g/mol. The molecule has 2 aromatic heterocycles. The number of rotatable bonds is 7. The van der Waals surface area contributed by atoms with Crippen molar-refractivity contribution < 1.29 is 18.3 Å². The molecule has 8 nitrogen and oxygen atoms in total. The SMILES string of the molecule is O=C(O)CCCc1csc(NS(=O)(=O)c2cnc[nH]2)n1. The molecule has 2 aromatic rings. The lowest BCUT2D eigenvalue weighted by Crippen LogP contribution is -2.13. The number of sulfonamides is 1. The molecule has 0 saturated carbocycles. The average molecular weight is 316 g/mol. The van der Waals surface area contributed by atoms with Crippen LogP contribution in [0.3, 0.4) is 0 Å². The number of carboxylic acid groups (broad SMARTS) is 1. The molecule has 0 amide bonds. The molecule has 0 aromatic carbocycles. The fourth-order valence-electron chi connectivity index (χ4n) is 1.45. The van der Waals surface area contributed by atoms with Crippen molar-refractivity contribution in [3.8, 4) is 0 Å². The minimum atomic E-state index is -3.70. The molecule has 0 spiro atoms. The lowest BCUT2D eigenvalue weighted by Gasteiger charge is -2.01. The molecule has 108 valence electrons. The summed E-state index contributed by atoms with van der Waals surface area (Å²) in [5, 5.41) is 10.4. The van der Waals surface area contributed by atoms with Crippen LogP contribution in [0.4, 0.5) is 5.13 Å². The van der Waals surface area contributed by atoms with Gasteiger partial charge in [0.25, 0.3) is 10.0 Å². The van der Waals surface area contributed by atoms with Gasteiger partial charge >= 0.3 is 5.97 Å². The summed E-state index contributed by atoms with van der Waals surface area (Å²) in [6.07, 6.45) is 3.49. The zero-order valence-electron chi connectivity index (χ0n) is 10.2. The van der Waals surface area contributed by atoms with Crippen LogP contribution in [0.15, 0.2) is 22.9 Å². The summed E-state index contributed by atoms with van der Waals surface area (Å²) in [6, 6.07) is 0. The third-order valence-corrected chi connectivity index (χ3v) is 4.56. The van der Waals surface area contributed by atoms with E-state index in [2.05, 4.69) is 19.7 Å². The minimum absolute atomic E-state index is 0.0415.